The maximum atomic E-state index is 11.9. The minimum atomic E-state index is -0.830. The van der Waals surface area contributed by atoms with E-state index in [-0.39, 0.29) is 4.75 Å². The summed E-state index contributed by atoms with van der Waals surface area (Å²) in [5.41, 5.74) is 0. The van der Waals surface area contributed by atoms with Gasteiger partial charge in [-0.1, -0.05) is 0 Å². The molecule has 6 heteroatoms. The van der Waals surface area contributed by atoms with Gasteiger partial charge in [-0.05, 0) is 46.0 Å². The lowest BCUT2D eigenvalue weighted by Crippen LogP contribution is -2.40. The van der Waals surface area contributed by atoms with Crippen molar-refractivity contribution in [2.45, 2.75) is 44.8 Å². The number of nitrogens with one attached hydrogen (secondary N) is 2. The Bertz CT molecular complexity index is 349. The molecule has 0 spiro atoms. The van der Waals surface area contributed by atoms with E-state index in [0.717, 1.165) is 38.1 Å². The lowest BCUT2D eigenvalue weighted by Gasteiger charge is -2.18. The molecular weight excluding hydrogens is 286 g/mol. The van der Waals surface area contributed by atoms with Crippen LogP contribution in [0.3, 0.4) is 0 Å². The van der Waals surface area contributed by atoms with Crippen molar-refractivity contribution in [3.05, 3.63) is 0 Å². The molecule has 0 amide bonds. The maximum absolute atomic E-state index is 11.9. The second-order valence-corrected chi connectivity index (χ2v) is 8.78. The highest BCUT2D eigenvalue weighted by atomic mass is 32.2. The van der Waals surface area contributed by atoms with Crippen molar-refractivity contribution in [1.82, 2.24) is 10.6 Å². The van der Waals surface area contributed by atoms with Crippen molar-refractivity contribution in [2.75, 3.05) is 39.1 Å². The maximum Gasteiger partial charge on any atom is 0.191 e. The first-order valence-corrected chi connectivity index (χ1v) is 9.16. The molecule has 0 radical (unpaired) electrons. The van der Waals surface area contributed by atoms with Crippen molar-refractivity contribution in [1.29, 1.82) is 0 Å². The monoisotopic (exact) mass is 317 g/mol. The molecule has 1 saturated carbocycles. The van der Waals surface area contributed by atoms with Gasteiger partial charge in [-0.2, -0.15) is 0 Å². The lowest BCUT2D eigenvalue weighted by molar-refractivity contribution is 0.123. The predicted molar refractivity (Wildman–Crippen MR) is 90.3 cm³/mol. The summed E-state index contributed by atoms with van der Waals surface area (Å²) in [5, 5.41) is 6.44. The quantitative estimate of drug-likeness (QED) is 0.384. The molecule has 1 unspecified atom stereocenters. The van der Waals surface area contributed by atoms with E-state index < -0.39 is 10.8 Å². The highest BCUT2D eigenvalue weighted by Crippen LogP contribution is 2.28. The van der Waals surface area contributed by atoms with Crippen LogP contribution >= 0.6 is 0 Å². The molecule has 0 aromatic heterocycles. The summed E-state index contributed by atoms with van der Waals surface area (Å²) in [7, 11) is 0.920. The van der Waals surface area contributed by atoms with Gasteiger partial charge in [0, 0.05) is 54.7 Å². The zero-order valence-corrected chi connectivity index (χ0v) is 14.7. The highest BCUT2D eigenvalue weighted by molar-refractivity contribution is 7.86. The number of hydrogen-bond donors (Lipinski definition) is 2. The number of hydrogen-bond acceptors (Lipinski definition) is 3. The van der Waals surface area contributed by atoms with E-state index in [9.17, 15) is 4.21 Å². The molecule has 0 aromatic rings. The molecule has 1 fully saturated rings. The minimum Gasteiger partial charge on any atom is -0.381 e. The largest absolute Gasteiger partial charge is 0.381 e. The van der Waals surface area contributed by atoms with Crippen LogP contribution in [0.25, 0.3) is 0 Å². The second kappa shape index (κ2) is 9.41. The summed E-state index contributed by atoms with van der Waals surface area (Å²) in [6.45, 7) is 9.22. The number of aliphatic imine (C=N–C) groups is 1. The molecular formula is C15H31N3O2S. The van der Waals surface area contributed by atoms with Gasteiger partial charge in [-0.25, -0.2) is 0 Å². The van der Waals surface area contributed by atoms with Crippen LogP contribution in [0, 0.1) is 5.92 Å². The van der Waals surface area contributed by atoms with Crippen LogP contribution in [0.15, 0.2) is 4.99 Å². The van der Waals surface area contributed by atoms with Crippen LogP contribution in [0.4, 0.5) is 0 Å². The molecule has 21 heavy (non-hydrogen) atoms. The van der Waals surface area contributed by atoms with E-state index >= 15 is 0 Å². The van der Waals surface area contributed by atoms with Crippen LogP contribution in [-0.2, 0) is 15.5 Å². The third kappa shape index (κ3) is 9.09. The van der Waals surface area contributed by atoms with Crippen LogP contribution in [0.2, 0.25) is 0 Å². The zero-order chi connectivity index (χ0) is 15.7. The summed E-state index contributed by atoms with van der Waals surface area (Å²) in [4.78, 5) is 4.16. The van der Waals surface area contributed by atoms with Crippen LogP contribution in [0.5, 0.6) is 0 Å². The molecule has 124 valence electrons. The predicted octanol–water partition coefficient (Wildman–Crippen LogP) is 1.52. The Kier molecular flexibility index (Phi) is 8.26. The summed E-state index contributed by atoms with van der Waals surface area (Å²) in [5.74, 6) is 2.23. The highest BCUT2D eigenvalue weighted by Gasteiger charge is 2.21. The molecule has 0 bridgehead atoms. The molecule has 5 nitrogen and oxygen atoms in total. The molecule has 1 atom stereocenters. The van der Waals surface area contributed by atoms with E-state index in [1.165, 1.54) is 12.8 Å². The number of rotatable bonds is 9. The standard InChI is InChI=1S/C15H31N3O2S/c1-15(2,3)21(19)11-9-18-14(16-4)17-8-5-10-20-12-13-6-7-13/h13H,5-12H2,1-4H3,(H2,16,17,18). The molecule has 0 aliphatic heterocycles. The van der Waals surface area contributed by atoms with Gasteiger partial charge in [0.2, 0.25) is 0 Å². The fourth-order valence-corrected chi connectivity index (χ4v) is 2.60. The minimum absolute atomic E-state index is 0.155. The van der Waals surface area contributed by atoms with Crippen molar-refractivity contribution in [3.8, 4) is 0 Å². The Hall–Kier alpha value is -0.620. The van der Waals surface area contributed by atoms with Gasteiger partial charge < -0.3 is 15.4 Å². The lowest BCUT2D eigenvalue weighted by atomic mass is 10.3. The zero-order valence-electron chi connectivity index (χ0n) is 13.9. The first-order chi connectivity index (χ1) is 9.93. The van der Waals surface area contributed by atoms with Gasteiger partial charge in [-0.3, -0.25) is 9.20 Å². The van der Waals surface area contributed by atoms with E-state index in [1.807, 2.05) is 20.8 Å². The van der Waals surface area contributed by atoms with Crippen molar-refractivity contribution >= 4 is 16.8 Å². The Balaban J connectivity index is 2.01. The van der Waals surface area contributed by atoms with E-state index in [4.69, 9.17) is 4.74 Å². The number of guanidine groups is 1. The first kappa shape index (κ1) is 18.4. The fraction of sp³-hybridized carbons (Fsp3) is 0.933. The number of nitrogens with zero attached hydrogens (tertiary/aromatic N) is 1. The molecule has 1 aliphatic rings. The van der Waals surface area contributed by atoms with Crippen molar-refractivity contribution in [3.63, 3.8) is 0 Å². The summed E-state index contributed by atoms with van der Waals surface area (Å²) in [6, 6.07) is 0. The fourth-order valence-electron chi connectivity index (χ4n) is 1.70. The number of ether oxygens (including phenoxy) is 1. The average Bonchev–Trinajstić information content (AvgIpc) is 3.23. The molecule has 0 saturated heterocycles. The van der Waals surface area contributed by atoms with E-state index in [0.29, 0.717) is 12.3 Å². The second-order valence-electron chi connectivity index (χ2n) is 6.46. The normalized spacial score (nSPS) is 17.6. The first-order valence-electron chi connectivity index (χ1n) is 7.84. The average molecular weight is 317 g/mol. The molecule has 2 N–H and O–H groups in total. The molecule has 1 rings (SSSR count). The SMILES string of the molecule is CN=C(NCCCOCC1CC1)NCCS(=O)C(C)(C)C. The topological polar surface area (TPSA) is 62.7 Å². The Morgan fingerprint density at radius 2 is 1.95 bits per heavy atom. The van der Waals surface area contributed by atoms with Crippen LogP contribution in [-0.4, -0.2) is 54.0 Å². The smallest absolute Gasteiger partial charge is 0.191 e. The van der Waals surface area contributed by atoms with Gasteiger partial charge >= 0.3 is 0 Å². The van der Waals surface area contributed by atoms with Crippen LogP contribution < -0.4 is 10.6 Å². The van der Waals surface area contributed by atoms with Crippen molar-refractivity contribution < 1.29 is 8.95 Å². The van der Waals surface area contributed by atoms with E-state index in [1.54, 1.807) is 7.05 Å². The summed E-state index contributed by atoms with van der Waals surface area (Å²) in [6.07, 6.45) is 3.65. The Morgan fingerprint density at radius 1 is 1.29 bits per heavy atom. The van der Waals surface area contributed by atoms with E-state index in [2.05, 4.69) is 15.6 Å². The molecule has 1 aliphatic carbocycles. The third-order valence-electron chi connectivity index (χ3n) is 3.29. The third-order valence-corrected chi connectivity index (χ3v) is 5.24. The van der Waals surface area contributed by atoms with Crippen molar-refractivity contribution in [2.24, 2.45) is 10.9 Å². The van der Waals surface area contributed by atoms with Gasteiger partial charge in [0.1, 0.15) is 0 Å². The van der Waals surface area contributed by atoms with Gasteiger partial charge in [0.15, 0.2) is 5.96 Å². The Labute approximate surface area is 131 Å². The Morgan fingerprint density at radius 3 is 2.52 bits per heavy atom. The molecule has 0 heterocycles. The molecule has 0 aromatic carbocycles. The van der Waals surface area contributed by atoms with Crippen LogP contribution in [0.1, 0.15) is 40.0 Å². The summed E-state index contributed by atoms with van der Waals surface area (Å²) >= 11 is 0. The van der Waals surface area contributed by atoms with Gasteiger partial charge in [0.05, 0.1) is 0 Å². The summed E-state index contributed by atoms with van der Waals surface area (Å²) < 4.78 is 17.3. The van der Waals surface area contributed by atoms with Gasteiger partial charge in [-0.15, -0.1) is 0 Å². The van der Waals surface area contributed by atoms with Gasteiger partial charge in [0.25, 0.3) is 0 Å².